The Morgan fingerprint density at radius 1 is 1.37 bits per heavy atom. The van der Waals surface area contributed by atoms with Crippen molar-refractivity contribution in [1.29, 1.82) is 0 Å². The smallest absolute Gasteiger partial charge is 0.187 e. The molecule has 0 aromatic heterocycles. The van der Waals surface area contributed by atoms with E-state index in [1.807, 2.05) is 17.0 Å². The molecule has 0 aliphatic carbocycles. The fourth-order valence-electron chi connectivity index (χ4n) is 2.93. The highest BCUT2D eigenvalue weighted by Gasteiger charge is 2.33. The number of fused-ring (bicyclic) bond motifs is 1. The lowest BCUT2D eigenvalue weighted by Crippen LogP contribution is -2.52. The second-order valence-corrected chi connectivity index (χ2v) is 5.00. The number of aromatic hydroxyl groups is 1. The Morgan fingerprint density at radius 3 is 2.89 bits per heavy atom. The monoisotopic (exact) mass is 262 g/mol. The van der Waals surface area contributed by atoms with E-state index >= 15 is 0 Å². The molecule has 19 heavy (non-hydrogen) atoms. The van der Waals surface area contributed by atoms with Crippen molar-refractivity contribution in [1.82, 2.24) is 5.32 Å². The lowest BCUT2D eigenvalue weighted by molar-refractivity contribution is -0.120. The van der Waals surface area contributed by atoms with Crippen LogP contribution in [-0.4, -0.2) is 36.8 Å². The molecule has 2 N–H and O–H groups in total. The molecule has 1 saturated heterocycles. The number of hydrogen-bond donors (Lipinski definition) is 2. The Hall–Kier alpha value is -1.59. The van der Waals surface area contributed by atoms with Crippen molar-refractivity contribution in [3.8, 4) is 5.75 Å². The summed E-state index contributed by atoms with van der Waals surface area (Å²) in [6.07, 6.45) is 2.25. The summed E-state index contributed by atoms with van der Waals surface area (Å²) in [6, 6.07) is 5.70. The largest absolute Gasteiger partial charge is 0.508 e. The van der Waals surface area contributed by atoms with Gasteiger partial charge in [0.2, 0.25) is 0 Å². The number of nitrogens with one attached hydrogen (secondary N) is 1. The Labute approximate surface area is 112 Å². The molecule has 2 aliphatic heterocycles. The van der Waals surface area contributed by atoms with Crippen molar-refractivity contribution in [2.75, 3.05) is 18.0 Å². The number of phenolic OH excluding ortho intramolecular Hbond substituents is 1. The van der Waals surface area contributed by atoms with Crippen LogP contribution in [-0.2, 0) is 16.1 Å². The van der Waals surface area contributed by atoms with Crippen molar-refractivity contribution in [2.45, 2.75) is 31.7 Å². The molecule has 0 saturated carbocycles. The standard InChI is InChI=1S/C14H18N2O3/c17-8-14-16(10-4-6-15-7-5-10)12-2-1-3-13(18)11(12)9-19-14/h1-3,8,10,14-15,18H,4-7,9H2. The number of carbonyl (C=O) groups excluding carboxylic acids is 1. The van der Waals surface area contributed by atoms with Crippen LogP contribution in [0.15, 0.2) is 18.2 Å². The molecule has 0 bridgehead atoms. The van der Waals surface area contributed by atoms with Crippen LogP contribution in [0.5, 0.6) is 5.75 Å². The zero-order valence-electron chi connectivity index (χ0n) is 10.7. The summed E-state index contributed by atoms with van der Waals surface area (Å²) in [7, 11) is 0. The van der Waals surface area contributed by atoms with Crippen LogP contribution in [0.3, 0.4) is 0 Å². The van der Waals surface area contributed by atoms with Gasteiger partial charge in [-0.1, -0.05) is 6.07 Å². The van der Waals surface area contributed by atoms with E-state index in [1.54, 1.807) is 6.07 Å². The molecule has 1 unspecified atom stereocenters. The van der Waals surface area contributed by atoms with Crippen LogP contribution >= 0.6 is 0 Å². The van der Waals surface area contributed by atoms with Gasteiger partial charge >= 0.3 is 0 Å². The fraction of sp³-hybridized carbons (Fsp3) is 0.500. The van der Waals surface area contributed by atoms with Gasteiger partial charge in [-0.05, 0) is 38.1 Å². The van der Waals surface area contributed by atoms with E-state index in [-0.39, 0.29) is 18.4 Å². The Kier molecular flexibility index (Phi) is 3.40. The predicted molar refractivity (Wildman–Crippen MR) is 71.1 cm³/mol. The van der Waals surface area contributed by atoms with E-state index in [2.05, 4.69) is 5.32 Å². The van der Waals surface area contributed by atoms with Gasteiger partial charge in [0.25, 0.3) is 0 Å². The number of ether oxygens (including phenoxy) is 1. The SMILES string of the molecule is O=CC1OCc2c(O)cccc2N1C1CCNCC1. The van der Waals surface area contributed by atoms with E-state index in [1.165, 1.54) is 0 Å². The van der Waals surface area contributed by atoms with Gasteiger partial charge in [-0.25, -0.2) is 0 Å². The van der Waals surface area contributed by atoms with E-state index in [4.69, 9.17) is 4.74 Å². The van der Waals surface area contributed by atoms with Crippen LogP contribution in [0.1, 0.15) is 18.4 Å². The Balaban J connectivity index is 1.99. The number of carbonyl (C=O) groups is 1. The minimum Gasteiger partial charge on any atom is -0.508 e. The quantitative estimate of drug-likeness (QED) is 0.779. The molecular formula is C14H18N2O3. The van der Waals surface area contributed by atoms with Gasteiger partial charge < -0.3 is 20.1 Å². The summed E-state index contributed by atoms with van der Waals surface area (Å²) in [4.78, 5) is 13.3. The maximum atomic E-state index is 11.3. The summed E-state index contributed by atoms with van der Waals surface area (Å²) >= 11 is 0. The third-order valence-electron chi connectivity index (χ3n) is 3.90. The molecule has 1 atom stereocenters. The number of piperidine rings is 1. The Bertz CT molecular complexity index is 472. The molecule has 1 aromatic rings. The Morgan fingerprint density at radius 2 is 2.16 bits per heavy atom. The first kappa shape index (κ1) is 12.4. The third kappa shape index (κ3) is 2.19. The van der Waals surface area contributed by atoms with Gasteiger partial charge in [0.05, 0.1) is 6.61 Å². The maximum Gasteiger partial charge on any atom is 0.187 e. The summed E-state index contributed by atoms with van der Waals surface area (Å²) in [5.74, 6) is 0.237. The molecule has 0 amide bonds. The molecule has 2 heterocycles. The van der Waals surface area contributed by atoms with Crippen LogP contribution < -0.4 is 10.2 Å². The molecule has 3 rings (SSSR count). The second-order valence-electron chi connectivity index (χ2n) is 5.00. The number of benzene rings is 1. The van der Waals surface area contributed by atoms with E-state index in [0.717, 1.165) is 43.5 Å². The third-order valence-corrected chi connectivity index (χ3v) is 3.90. The number of rotatable bonds is 2. The van der Waals surface area contributed by atoms with Gasteiger partial charge in [0.15, 0.2) is 12.5 Å². The number of anilines is 1. The normalized spacial score (nSPS) is 24.0. The first-order valence-corrected chi connectivity index (χ1v) is 6.68. The first-order chi connectivity index (χ1) is 9.31. The van der Waals surface area contributed by atoms with Gasteiger partial charge in [0.1, 0.15) is 5.75 Å². The highest BCUT2D eigenvalue weighted by atomic mass is 16.5. The zero-order valence-corrected chi connectivity index (χ0v) is 10.7. The van der Waals surface area contributed by atoms with Crippen molar-refractivity contribution < 1.29 is 14.6 Å². The molecule has 1 aromatic carbocycles. The van der Waals surface area contributed by atoms with Gasteiger partial charge in [-0.15, -0.1) is 0 Å². The summed E-state index contributed by atoms with van der Waals surface area (Å²) < 4.78 is 5.58. The maximum absolute atomic E-state index is 11.3. The average molecular weight is 262 g/mol. The molecule has 5 heteroatoms. The second kappa shape index (κ2) is 5.19. The first-order valence-electron chi connectivity index (χ1n) is 6.68. The predicted octanol–water partition coefficient (Wildman–Crippen LogP) is 1.01. The minimum absolute atomic E-state index is 0.237. The van der Waals surface area contributed by atoms with E-state index in [9.17, 15) is 9.90 Å². The molecule has 0 radical (unpaired) electrons. The number of nitrogens with zero attached hydrogens (tertiary/aromatic N) is 1. The molecule has 2 aliphatic rings. The summed E-state index contributed by atoms with van der Waals surface area (Å²) in [6.45, 7) is 2.18. The van der Waals surface area contributed by atoms with Crippen LogP contribution in [0.25, 0.3) is 0 Å². The average Bonchev–Trinajstić information content (AvgIpc) is 2.47. The van der Waals surface area contributed by atoms with Gasteiger partial charge in [-0.2, -0.15) is 0 Å². The summed E-state index contributed by atoms with van der Waals surface area (Å²) in [5, 5.41) is 13.2. The van der Waals surface area contributed by atoms with Crippen molar-refractivity contribution >= 4 is 12.0 Å². The fourth-order valence-corrected chi connectivity index (χ4v) is 2.93. The minimum atomic E-state index is -0.544. The molecule has 0 spiro atoms. The zero-order chi connectivity index (χ0) is 13.2. The lowest BCUT2D eigenvalue weighted by atomic mass is 10.0. The van der Waals surface area contributed by atoms with Crippen molar-refractivity contribution in [2.24, 2.45) is 0 Å². The number of aldehydes is 1. The van der Waals surface area contributed by atoms with Crippen LogP contribution in [0, 0.1) is 0 Å². The molecule has 5 nitrogen and oxygen atoms in total. The van der Waals surface area contributed by atoms with E-state index < -0.39 is 6.23 Å². The number of hydrogen-bond acceptors (Lipinski definition) is 5. The topological polar surface area (TPSA) is 61.8 Å². The van der Waals surface area contributed by atoms with Crippen LogP contribution in [0.2, 0.25) is 0 Å². The van der Waals surface area contributed by atoms with Crippen molar-refractivity contribution in [3.05, 3.63) is 23.8 Å². The van der Waals surface area contributed by atoms with E-state index in [0.29, 0.717) is 0 Å². The van der Waals surface area contributed by atoms with Crippen molar-refractivity contribution in [3.63, 3.8) is 0 Å². The lowest BCUT2D eigenvalue weighted by Gasteiger charge is -2.43. The molecular weight excluding hydrogens is 244 g/mol. The van der Waals surface area contributed by atoms with Crippen LogP contribution in [0.4, 0.5) is 5.69 Å². The van der Waals surface area contributed by atoms with Gasteiger partial charge in [0, 0.05) is 17.3 Å². The highest BCUT2D eigenvalue weighted by molar-refractivity contribution is 5.70. The summed E-state index contributed by atoms with van der Waals surface area (Å²) in [5.41, 5.74) is 1.70. The highest BCUT2D eigenvalue weighted by Crippen LogP contribution is 2.37. The van der Waals surface area contributed by atoms with Gasteiger partial charge in [-0.3, -0.25) is 4.79 Å². The number of phenols is 1. The molecule has 1 fully saturated rings. The molecule has 102 valence electrons.